The van der Waals surface area contributed by atoms with Crippen LogP contribution in [0.2, 0.25) is 0 Å². The standard InChI is InChI=1S/C15H19N3O2S2/c1-10-6-13(22-17-10)8-18-4-2-11(3-5-18)15-16-12(9-21-15)7-14(19)20/h6,9,11H,2-5,7-8H2,1H3,(H,19,20). The molecule has 1 aliphatic rings. The van der Waals surface area contributed by atoms with E-state index in [0.717, 1.165) is 43.2 Å². The van der Waals surface area contributed by atoms with Crippen LogP contribution in [0.1, 0.15) is 40.0 Å². The van der Waals surface area contributed by atoms with Gasteiger partial charge in [-0.1, -0.05) is 0 Å². The molecule has 0 aromatic carbocycles. The van der Waals surface area contributed by atoms with E-state index in [1.54, 1.807) is 22.9 Å². The van der Waals surface area contributed by atoms with Gasteiger partial charge < -0.3 is 5.11 Å². The fraction of sp³-hybridized carbons (Fsp3) is 0.533. The second-order valence-corrected chi connectivity index (χ2v) is 7.51. The molecule has 3 rings (SSSR count). The van der Waals surface area contributed by atoms with E-state index in [9.17, 15) is 4.79 Å². The summed E-state index contributed by atoms with van der Waals surface area (Å²) in [4.78, 5) is 19.0. The van der Waals surface area contributed by atoms with E-state index >= 15 is 0 Å². The van der Waals surface area contributed by atoms with Crippen molar-refractivity contribution in [3.8, 4) is 0 Å². The van der Waals surface area contributed by atoms with Gasteiger partial charge in [0, 0.05) is 22.7 Å². The maximum Gasteiger partial charge on any atom is 0.309 e. The highest BCUT2D eigenvalue weighted by Crippen LogP contribution is 2.31. The second kappa shape index (κ2) is 6.85. The summed E-state index contributed by atoms with van der Waals surface area (Å²) < 4.78 is 4.33. The summed E-state index contributed by atoms with van der Waals surface area (Å²) in [5.74, 6) is -0.335. The largest absolute Gasteiger partial charge is 0.481 e. The molecule has 0 bridgehead atoms. The molecule has 0 amide bonds. The molecule has 0 spiro atoms. The van der Waals surface area contributed by atoms with Crippen molar-refractivity contribution in [2.24, 2.45) is 0 Å². The van der Waals surface area contributed by atoms with E-state index in [-0.39, 0.29) is 6.42 Å². The SMILES string of the molecule is Cc1cc(CN2CCC(c3nc(CC(=O)O)cs3)CC2)sn1. The number of carbonyl (C=O) groups is 1. The Hall–Kier alpha value is -1.31. The van der Waals surface area contributed by atoms with Crippen LogP contribution in [-0.2, 0) is 17.8 Å². The predicted octanol–water partition coefficient (Wildman–Crippen LogP) is 2.91. The van der Waals surface area contributed by atoms with Crippen LogP contribution in [0, 0.1) is 6.92 Å². The van der Waals surface area contributed by atoms with Crippen molar-refractivity contribution in [1.82, 2.24) is 14.3 Å². The first-order valence-electron chi connectivity index (χ1n) is 7.41. The van der Waals surface area contributed by atoms with Crippen LogP contribution in [0.3, 0.4) is 0 Å². The molecule has 2 aromatic heterocycles. The lowest BCUT2D eigenvalue weighted by atomic mass is 9.97. The second-order valence-electron chi connectivity index (χ2n) is 5.73. The highest BCUT2D eigenvalue weighted by molar-refractivity contribution is 7.09. The van der Waals surface area contributed by atoms with Crippen molar-refractivity contribution in [3.63, 3.8) is 0 Å². The Morgan fingerprint density at radius 2 is 2.23 bits per heavy atom. The minimum Gasteiger partial charge on any atom is -0.481 e. The van der Waals surface area contributed by atoms with E-state index in [0.29, 0.717) is 11.6 Å². The minimum atomic E-state index is -0.813. The molecule has 0 aliphatic carbocycles. The van der Waals surface area contributed by atoms with Gasteiger partial charge in [-0.05, 0) is 50.5 Å². The number of carboxylic acid groups (broad SMARTS) is 1. The number of hydrogen-bond acceptors (Lipinski definition) is 6. The number of aryl methyl sites for hydroxylation is 1. The quantitative estimate of drug-likeness (QED) is 0.909. The first kappa shape index (κ1) is 15.6. The fourth-order valence-corrected chi connectivity index (χ4v) is 4.56. The Labute approximate surface area is 137 Å². The fourth-order valence-electron chi connectivity index (χ4n) is 2.80. The minimum absolute atomic E-state index is 0.0279. The van der Waals surface area contributed by atoms with Gasteiger partial charge in [-0.2, -0.15) is 4.37 Å². The van der Waals surface area contributed by atoms with Crippen LogP contribution in [0.15, 0.2) is 11.4 Å². The van der Waals surface area contributed by atoms with Crippen molar-refractivity contribution in [2.75, 3.05) is 13.1 Å². The Morgan fingerprint density at radius 1 is 1.45 bits per heavy atom. The van der Waals surface area contributed by atoms with Crippen molar-refractivity contribution < 1.29 is 9.90 Å². The van der Waals surface area contributed by atoms with Gasteiger partial charge >= 0.3 is 5.97 Å². The van der Waals surface area contributed by atoms with Crippen molar-refractivity contribution in [1.29, 1.82) is 0 Å². The highest BCUT2D eigenvalue weighted by Gasteiger charge is 2.23. The third kappa shape index (κ3) is 3.91. The zero-order valence-electron chi connectivity index (χ0n) is 12.5. The monoisotopic (exact) mass is 337 g/mol. The Bertz CT molecular complexity index is 645. The Balaban J connectivity index is 1.52. The number of aliphatic carboxylic acids is 1. The maximum absolute atomic E-state index is 10.7. The van der Waals surface area contributed by atoms with Gasteiger partial charge in [0.1, 0.15) is 0 Å². The van der Waals surface area contributed by atoms with E-state index in [4.69, 9.17) is 5.11 Å². The van der Waals surface area contributed by atoms with Crippen LogP contribution in [-0.4, -0.2) is 38.4 Å². The van der Waals surface area contributed by atoms with Gasteiger partial charge in [0.25, 0.3) is 0 Å². The summed E-state index contributed by atoms with van der Waals surface area (Å²) in [6, 6.07) is 2.16. The number of likely N-dealkylation sites (tertiary alicyclic amines) is 1. The summed E-state index contributed by atoms with van der Waals surface area (Å²) >= 11 is 3.20. The van der Waals surface area contributed by atoms with Gasteiger partial charge in [-0.15, -0.1) is 11.3 Å². The summed E-state index contributed by atoms with van der Waals surface area (Å²) in [5, 5.41) is 11.8. The lowest BCUT2D eigenvalue weighted by Gasteiger charge is -2.30. The molecule has 1 aliphatic heterocycles. The molecule has 5 nitrogen and oxygen atoms in total. The molecular weight excluding hydrogens is 318 g/mol. The van der Waals surface area contributed by atoms with Crippen molar-refractivity contribution in [3.05, 3.63) is 32.7 Å². The van der Waals surface area contributed by atoms with Gasteiger partial charge in [0.2, 0.25) is 0 Å². The molecule has 0 unspecified atom stereocenters. The number of rotatable bonds is 5. The van der Waals surface area contributed by atoms with Gasteiger partial charge in [0.15, 0.2) is 0 Å². The first-order chi connectivity index (χ1) is 10.6. The van der Waals surface area contributed by atoms with Gasteiger partial charge in [-0.25, -0.2) is 4.98 Å². The number of nitrogens with zero attached hydrogens (tertiary/aromatic N) is 3. The van der Waals surface area contributed by atoms with Crippen LogP contribution in [0.4, 0.5) is 0 Å². The molecule has 0 saturated carbocycles. The molecule has 1 N–H and O–H groups in total. The number of carboxylic acids is 1. The van der Waals surface area contributed by atoms with Crippen LogP contribution < -0.4 is 0 Å². The molecule has 2 aromatic rings. The number of thiazole rings is 1. The number of hydrogen-bond donors (Lipinski definition) is 1. The highest BCUT2D eigenvalue weighted by atomic mass is 32.1. The van der Waals surface area contributed by atoms with E-state index < -0.39 is 5.97 Å². The molecule has 118 valence electrons. The normalized spacial score (nSPS) is 17.0. The molecule has 0 radical (unpaired) electrons. The third-order valence-electron chi connectivity index (χ3n) is 3.89. The Morgan fingerprint density at radius 3 is 2.86 bits per heavy atom. The smallest absolute Gasteiger partial charge is 0.309 e. The van der Waals surface area contributed by atoms with Crippen LogP contribution in [0.25, 0.3) is 0 Å². The molecule has 0 atom stereocenters. The van der Waals surface area contributed by atoms with Crippen molar-refractivity contribution in [2.45, 2.75) is 38.6 Å². The third-order valence-corrected chi connectivity index (χ3v) is 5.81. The van der Waals surface area contributed by atoms with Gasteiger partial charge in [-0.3, -0.25) is 9.69 Å². The summed E-state index contributed by atoms with van der Waals surface area (Å²) in [6.07, 6.45) is 2.22. The maximum atomic E-state index is 10.7. The van der Waals surface area contributed by atoms with Crippen molar-refractivity contribution >= 4 is 28.8 Å². The summed E-state index contributed by atoms with van der Waals surface area (Å²) in [7, 11) is 0. The molecule has 22 heavy (non-hydrogen) atoms. The lowest BCUT2D eigenvalue weighted by molar-refractivity contribution is -0.136. The topological polar surface area (TPSA) is 66.3 Å². The zero-order valence-corrected chi connectivity index (χ0v) is 14.1. The van der Waals surface area contributed by atoms with Crippen LogP contribution in [0.5, 0.6) is 0 Å². The summed E-state index contributed by atoms with van der Waals surface area (Å²) in [6.45, 7) is 5.15. The molecule has 7 heteroatoms. The van der Waals surface area contributed by atoms with Gasteiger partial charge in [0.05, 0.1) is 22.8 Å². The van der Waals surface area contributed by atoms with E-state index in [2.05, 4.69) is 20.3 Å². The average Bonchev–Trinajstić information content (AvgIpc) is 3.09. The first-order valence-corrected chi connectivity index (χ1v) is 9.06. The zero-order chi connectivity index (χ0) is 15.5. The predicted molar refractivity (Wildman–Crippen MR) is 87.6 cm³/mol. The summed E-state index contributed by atoms with van der Waals surface area (Å²) in [5.41, 5.74) is 1.79. The Kier molecular flexibility index (Phi) is 4.85. The molecular formula is C15H19N3O2S2. The molecule has 1 fully saturated rings. The average molecular weight is 337 g/mol. The van der Waals surface area contributed by atoms with E-state index in [1.807, 2.05) is 12.3 Å². The molecule has 1 saturated heterocycles. The molecule has 3 heterocycles. The lowest BCUT2D eigenvalue weighted by Crippen LogP contribution is -2.32. The number of piperidine rings is 1. The van der Waals surface area contributed by atoms with Crippen LogP contribution >= 0.6 is 22.9 Å². The van der Waals surface area contributed by atoms with E-state index in [1.165, 1.54) is 4.88 Å². The number of aromatic nitrogens is 2.